The second-order valence-corrected chi connectivity index (χ2v) is 8.25. The molecule has 0 saturated heterocycles. The minimum atomic E-state index is -2.80. The van der Waals surface area contributed by atoms with Crippen LogP contribution in [0.5, 0.6) is 0 Å². The van der Waals surface area contributed by atoms with Crippen LogP contribution in [0.25, 0.3) is 0 Å². The lowest BCUT2D eigenvalue weighted by Crippen LogP contribution is -2.09. The fraction of sp³-hybridized carbons (Fsp3) is 0.222. The molecule has 2 rings (SSSR count). The Labute approximate surface area is 152 Å². The summed E-state index contributed by atoms with van der Waals surface area (Å²) in [6.07, 6.45) is 1.43. The van der Waals surface area contributed by atoms with Crippen molar-refractivity contribution in [2.24, 2.45) is 9.52 Å². The number of oxime groups is 1. The van der Waals surface area contributed by atoms with Crippen molar-refractivity contribution >= 4 is 32.9 Å². The van der Waals surface area contributed by atoms with Crippen molar-refractivity contribution < 1.29 is 13.8 Å². The van der Waals surface area contributed by atoms with Gasteiger partial charge in [-0.1, -0.05) is 46.6 Å². The third-order valence-corrected chi connectivity index (χ3v) is 5.34. The second-order valence-electron chi connectivity index (χ2n) is 5.56. The van der Waals surface area contributed by atoms with Gasteiger partial charge in [-0.15, -0.1) is 0 Å². The highest BCUT2D eigenvalue weighted by Gasteiger charge is 2.10. The van der Waals surface area contributed by atoms with Gasteiger partial charge in [0.15, 0.2) is 6.61 Å². The van der Waals surface area contributed by atoms with E-state index in [1.54, 1.807) is 43.3 Å². The highest BCUT2D eigenvalue weighted by molar-refractivity contribution is 7.93. The molecule has 0 N–H and O–H groups in total. The number of nitrogens with zero attached hydrogens (tertiary/aromatic N) is 2. The quantitative estimate of drug-likeness (QED) is 0.581. The van der Waals surface area contributed by atoms with Crippen LogP contribution in [-0.4, -0.2) is 28.7 Å². The molecule has 2 aromatic carbocycles. The van der Waals surface area contributed by atoms with E-state index in [-0.39, 0.29) is 6.61 Å². The zero-order valence-electron chi connectivity index (χ0n) is 14.2. The summed E-state index contributed by atoms with van der Waals surface area (Å²) in [6.45, 7) is 3.31. The van der Waals surface area contributed by atoms with Crippen molar-refractivity contribution in [3.8, 4) is 0 Å². The molecule has 0 aliphatic rings. The lowest BCUT2D eigenvalue weighted by atomic mass is 10.1. The summed E-state index contributed by atoms with van der Waals surface area (Å²) in [5.41, 5.74) is 2.47. The van der Waals surface area contributed by atoms with Crippen LogP contribution in [0.3, 0.4) is 0 Å². The van der Waals surface area contributed by atoms with Crippen LogP contribution in [0, 0.1) is 6.92 Å². The van der Waals surface area contributed by atoms with Gasteiger partial charge in [0.1, 0.15) is 0 Å². The van der Waals surface area contributed by atoms with E-state index in [1.807, 2.05) is 19.1 Å². The molecular weight excluding hydrogens is 360 g/mol. The lowest BCUT2D eigenvalue weighted by Gasteiger charge is -2.05. The van der Waals surface area contributed by atoms with Crippen molar-refractivity contribution in [2.45, 2.75) is 18.7 Å². The highest BCUT2D eigenvalue weighted by Crippen LogP contribution is 2.13. The van der Waals surface area contributed by atoms with Crippen LogP contribution < -0.4 is 0 Å². The first-order chi connectivity index (χ1) is 11.8. The molecule has 5 nitrogen and oxygen atoms in total. The van der Waals surface area contributed by atoms with E-state index in [2.05, 4.69) is 9.52 Å². The number of hydrogen-bond donors (Lipinski definition) is 0. The Morgan fingerprint density at radius 3 is 2.32 bits per heavy atom. The smallest absolute Gasteiger partial charge is 0.294 e. The number of carbonyl (C=O) groups is 1. The Balaban J connectivity index is 2.02. The molecule has 2 aromatic rings. The fourth-order valence-electron chi connectivity index (χ4n) is 1.99. The third kappa shape index (κ3) is 5.69. The molecule has 0 fully saturated rings. The Morgan fingerprint density at radius 2 is 1.72 bits per heavy atom. The number of aryl methyl sites for hydroxylation is 1. The van der Waals surface area contributed by atoms with Crippen molar-refractivity contribution in [3.05, 3.63) is 64.7 Å². The molecule has 0 bridgehead atoms. The van der Waals surface area contributed by atoms with E-state index >= 15 is 0 Å². The zero-order valence-corrected chi connectivity index (χ0v) is 15.8. The van der Waals surface area contributed by atoms with Crippen molar-refractivity contribution in [2.75, 3.05) is 12.9 Å². The van der Waals surface area contributed by atoms with Gasteiger partial charge in [-0.25, -0.2) is 4.21 Å². The van der Waals surface area contributed by atoms with Gasteiger partial charge in [0.05, 0.1) is 15.4 Å². The van der Waals surface area contributed by atoms with Crippen LogP contribution in [0.2, 0.25) is 5.02 Å². The summed E-state index contributed by atoms with van der Waals surface area (Å²) in [7, 11) is -2.80. The fourth-order valence-corrected chi connectivity index (χ4v) is 3.31. The molecule has 0 spiro atoms. The number of hydrogen-bond acceptors (Lipinski definition) is 4. The van der Waals surface area contributed by atoms with Crippen LogP contribution in [-0.2, 0) is 19.4 Å². The molecule has 132 valence electrons. The average Bonchev–Trinajstić information content (AvgIpc) is 2.55. The van der Waals surface area contributed by atoms with Gasteiger partial charge in [0.25, 0.3) is 5.91 Å². The zero-order chi connectivity index (χ0) is 18.4. The van der Waals surface area contributed by atoms with Gasteiger partial charge in [0, 0.05) is 16.2 Å². The summed E-state index contributed by atoms with van der Waals surface area (Å²) in [5.74, 6) is -0.624. The molecule has 0 aromatic heterocycles. The minimum Gasteiger partial charge on any atom is -0.385 e. The van der Waals surface area contributed by atoms with Crippen molar-refractivity contribution in [1.82, 2.24) is 0 Å². The maximum absolute atomic E-state index is 12.6. The largest absolute Gasteiger partial charge is 0.385 e. The van der Waals surface area contributed by atoms with Crippen molar-refractivity contribution in [1.29, 1.82) is 0 Å². The standard InChI is InChI=1S/C18H19ClN2O3S/c1-13-4-10-17(11-5-13)25(3,23)21-18(22)12-24-20-14(2)15-6-8-16(19)9-7-15/h4-11H,12H2,1-3H3. The second kappa shape index (κ2) is 8.27. The van der Waals surface area contributed by atoms with E-state index in [1.165, 1.54) is 6.26 Å². The molecule has 0 aliphatic carbocycles. The Hall–Kier alpha value is -2.18. The summed E-state index contributed by atoms with van der Waals surface area (Å²) in [6, 6.07) is 14.1. The van der Waals surface area contributed by atoms with Gasteiger partial charge < -0.3 is 4.84 Å². The van der Waals surface area contributed by atoms with Crippen LogP contribution in [0.4, 0.5) is 0 Å². The molecular formula is C18H19ClN2O3S. The predicted octanol–water partition coefficient (Wildman–Crippen LogP) is 4.07. The molecule has 0 radical (unpaired) electrons. The minimum absolute atomic E-state index is 0.373. The van der Waals surface area contributed by atoms with Gasteiger partial charge in [-0.05, 0) is 43.7 Å². The summed E-state index contributed by atoms with van der Waals surface area (Å²) >= 11 is 5.83. The number of benzene rings is 2. The number of halogens is 1. The predicted molar refractivity (Wildman–Crippen MR) is 101 cm³/mol. The lowest BCUT2D eigenvalue weighted by molar-refractivity contribution is -0.122. The topological polar surface area (TPSA) is 68.1 Å². The summed E-state index contributed by atoms with van der Waals surface area (Å²) < 4.78 is 16.3. The van der Waals surface area contributed by atoms with Gasteiger partial charge >= 0.3 is 0 Å². The van der Waals surface area contributed by atoms with E-state index < -0.39 is 15.6 Å². The summed E-state index contributed by atoms with van der Waals surface area (Å²) in [4.78, 5) is 17.4. The Kier molecular flexibility index (Phi) is 6.33. The highest BCUT2D eigenvalue weighted by atomic mass is 35.5. The molecule has 1 amide bonds. The molecule has 1 unspecified atom stereocenters. The van der Waals surface area contributed by atoms with Gasteiger partial charge in [0.2, 0.25) is 0 Å². The molecule has 0 heterocycles. The first kappa shape index (κ1) is 19.1. The Bertz CT molecular complexity index is 897. The summed E-state index contributed by atoms with van der Waals surface area (Å²) in [5, 5.41) is 4.50. The van der Waals surface area contributed by atoms with Gasteiger partial charge in [-0.2, -0.15) is 4.36 Å². The van der Waals surface area contributed by atoms with Gasteiger partial charge in [-0.3, -0.25) is 4.79 Å². The normalized spacial score (nSPS) is 13.8. The Morgan fingerprint density at radius 1 is 1.12 bits per heavy atom. The third-order valence-electron chi connectivity index (χ3n) is 3.39. The first-order valence-electron chi connectivity index (χ1n) is 7.52. The number of carbonyl (C=O) groups excluding carboxylic acids is 1. The van der Waals surface area contributed by atoms with E-state index in [0.717, 1.165) is 11.1 Å². The monoisotopic (exact) mass is 378 g/mol. The maximum Gasteiger partial charge on any atom is 0.294 e. The van der Waals surface area contributed by atoms with E-state index in [9.17, 15) is 9.00 Å². The molecule has 1 atom stereocenters. The van der Waals surface area contributed by atoms with E-state index in [0.29, 0.717) is 15.6 Å². The van der Waals surface area contributed by atoms with Crippen LogP contribution in [0.15, 0.2) is 62.9 Å². The number of rotatable bonds is 5. The molecule has 0 aliphatic heterocycles. The van der Waals surface area contributed by atoms with E-state index in [4.69, 9.17) is 16.4 Å². The van der Waals surface area contributed by atoms with Crippen LogP contribution >= 0.6 is 11.6 Å². The maximum atomic E-state index is 12.6. The molecule has 7 heteroatoms. The van der Waals surface area contributed by atoms with Crippen LogP contribution in [0.1, 0.15) is 18.1 Å². The van der Waals surface area contributed by atoms with Crippen molar-refractivity contribution in [3.63, 3.8) is 0 Å². The average molecular weight is 379 g/mol. The molecule has 0 saturated carbocycles. The SMILES string of the molecule is CC(=NOCC(=O)N=S(C)(=O)c1ccc(C)cc1)c1ccc(Cl)cc1. The number of amides is 1. The molecule has 25 heavy (non-hydrogen) atoms. The first-order valence-corrected chi connectivity index (χ1v) is 9.82.